The van der Waals surface area contributed by atoms with Crippen molar-refractivity contribution in [2.45, 2.75) is 46.3 Å². The third-order valence-electron chi connectivity index (χ3n) is 3.62. The van der Waals surface area contributed by atoms with Gasteiger partial charge in [0.25, 0.3) is 0 Å². The van der Waals surface area contributed by atoms with Gasteiger partial charge in [-0.1, -0.05) is 26.8 Å². The molecule has 20 heavy (non-hydrogen) atoms. The Morgan fingerprint density at radius 1 is 1.35 bits per heavy atom. The van der Waals surface area contributed by atoms with Crippen molar-refractivity contribution in [3.8, 4) is 0 Å². The summed E-state index contributed by atoms with van der Waals surface area (Å²) in [7, 11) is 0. The summed E-state index contributed by atoms with van der Waals surface area (Å²) in [5.41, 5.74) is -0.312. The second-order valence-electron chi connectivity index (χ2n) is 5.62. The minimum atomic E-state index is -1.10. The SMILES string of the molecule is CCC(C)(C)C(=O)N[C@H](C)[C@H](O)c1ccc(F)c(F)c1. The van der Waals surface area contributed by atoms with E-state index in [0.29, 0.717) is 6.42 Å². The topological polar surface area (TPSA) is 49.3 Å². The van der Waals surface area contributed by atoms with Crippen molar-refractivity contribution >= 4 is 5.91 Å². The second kappa shape index (κ2) is 6.31. The molecule has 2 N–H and O–H groups in total. The van der Waals surface area contributed by atoms with E-state index in [9.17, 15) is 18.7 Å². The molecule has 0 aromatic heterocycles. The van der Waals surface area contributed by atoms with E-state index < -0.39 is 29.2 Å². The summed E-state index contributed by atoms with van der Waals surface area (Å²) in [5, 5.41) is 12.8. The first-order valence-electron chi connectivity index (χ1n) is 6.63. The average molecular weight is 285 g/mol. The predicted octanol–water partition coefficient (Wildman–Crippen LogP) is 2.94. The van der Waals surface area contributed by atoms with Crippen LogP contribution in [0.2, 0.25) is 0 Å². The predicted molar refractivity (Wildman–Crippen MR) is 73.0 cm³/mol. The van der Waals surface area contributed by atoms with E-state index in [4.69, 9.17) is 0 Å². The monoisotopic (exact) mass is 285 g/mol. The zero-order chi connectivity index (χ0) is 15.5. The number of benzene rings is 1. The van der Waals surface area contributed by atoms with E-state index >= 15 is 0 Å². The number of carbonyl (C=O) groups is 1. The van der Waals surface area contributed by atoms with Gasteiger partial charge < -0.3 is 10.4 Å². The maximum atomic E-state index is 13.1. The van der Waals surface area contributed by atoms with Gasteiger partial charge in [-0.2, -0.15) is 0 Å². The molecule has 1 amide bonds. The Morgan fingerprint density at radius 2 is 1.95 bits per heavy atom. The van der Waals surface area contributed by atoms with Gasteiger partial charge in [-0.25, -0.2) is 8.78 Å². The molecule has 0 heterocycles. The molecule has 3 nitrogen and oxygen atoms in total. The zero-order valence-corrected chi connectivity index (χ0v) is 12.2. The highest BCUT2D eigenvalue weighted by molar-refractivity contribution is 5.82. The molecule has 5 heteroatoms. The molecule has 0 saturated carbocycles. The lowest BCUT2D eigenvalue weighted by Crippen LogP contribution is -2.44. The van der Waals surface area contributed by atoms with Crippen molar-refractivity contribution in [3.63, 3.8) is 0 Å². The summed E-state index contributed by atoms with van der Waals surface area (Å²) in [5.74, 6) is -2.17. The molecule has 0 aliphatic rings. The fourth-order valence-corrected chi connectivity index (χ4v) is 1.63. The molecule has 2 atom stereocenters. The van der Waals surface area contributed by atoms with Gasteiger partial charge in [0, 0.05) is 5.41 Å². The Balaban J connectivity index is 2.79. The Kier molecular flexibility index (Phi) is 5.22. The molecule has 0 saturated heterocycles. The number of amides is 1. The fraction of sp³-hybridized carbons (Fsp3) is 0.533. The highest BCUT2D eigenvalue weighted by atomic mass is 19.2. The highest BCUT2D eigenvalue weighted by Gasteiger charge is 2.28. The van der Waals surface area contributed by atoms with Gasteiger partial charge >= 0.3 is 0 Å². The lowest BCUT2D eigenvalue weighted by molar-refractivity contribution is -0.131. The summed E-state index contributed by atoms with van der Waals surface area (Å²) in [4.78, 5) is 12.0. The molecular weight excluding hydrogens is 264 g/mol. The van der Waals surface area contributed by atoms with Crippen LogP contribution in [-0.4, -0.2) is 17.1 Å². The number of rotatable bonds is 5. The summed E-state index contributed by atoms with van der Waals surface area (Å²) in [6.07, 6.45) is -0.436. The average Bonchev–Trinajstić information content (AvgIpc) is 2.40. The minimum absolute atomic E-state index is 0.186. The smallest absolute Gasteiger partial charge is 0.225 e. The number of nitrogens with one attached hydrogen (secondary N) is 1. The van der Waals surface area contributed by atoms with E-state index in [0.717, 1.165) is 12.1 Å². The normalized spacial score (nSPS) is 14.8. The first-order valence-corrected chi connectivity index (χ1v) is 6.63. The van der Waals surface area contributed by atoms with Gasteiger partial charge in [-0.15, -0.1) is 0 Å². The Labute approximate surface area is 118 Å². The van der Waals surface area contributed by atoms with Gasteiger partial charge in [0.2, 0.25) is 5.91 Å². The van der Waals surface area contributed by atoms with Crippen molar-refractivity contribution in [3.05, 3.63) is 35.4 Å². The standard InChI is InChI=1S/C15H21F2NO2/c1-5-15(3,4)14(20)18-9(2)13(19)10-6-7-11(16)12(17)8-10/h6-9,13,19H,5H2,1-4H3,(H,18,20)/t9-,13+/m1/s1. The highest BCUT2D eigenvalue weighted by Crippen LogP contribution is 2.23. The molecule has 0 radical (unpaired) electrons. The minimum Gasteiger partial charge on any atom is -0.386 e. The summed E-state index contributed by atoms with van der Waals surface area (Å²) in [6, 6.07) is 2.60. The van der Waals surface area contributed by atoms with E-state index in [-0.39, 0.29) is 11.5 Å². The number of hydrogen-bond acceptors (Lipinski definition) is 2. The number of carbonyl (C=O) groups excluding carboxylic acids is 1. The molecule has 1 aromatic carbocycles. The van der Waals surface area contributed by atoms with Crippen LogP contribution in [0.3, 0.4) is 0 Å². The molecule has 112 valence electrons. The van der Waals surface area contributed by atoms with Gasteiger partial charge in [0.05, 0.1) is 12.1 Å². The molecule has 1 aromatic rings. The van der Waals surface area contributed by atoms with Crippen LogP contribution in [0.4, 0.5) is 8.78 Å². The van der Waals surface area contributed by atoms with Crippen LogP contribution >= 0.6 is 0 Å². The molecule has 0 spiro atoms. The van der Waals surface area contributed by atoms with Crippen LogP contribution in [0.25, 0.3) is 0 Å². The quantitative estimate of drug-likeness (QED) is 0.874. The molecule has 0 fully saturated rings. The molecule has 0 bridgehead atoms. The van der Waals surface area contributed by atoms with Crippen molar-refractivity contribution in [2.24, 2.45) is 5.41 Å². The van der Waals surface area contributed by atoms with Crippen molar-refractivity contribution in [2.75, 3.05) is 0 Å². The third-order valence-corrected chi connectivity index (χ3v) is 3.62. The summed E-state index contributed by atoms with van der Waals surface area (Å²) >= 11 is 0. The molecular formula is C15H21F2NO2. The van der Waals surface area contributed by atoms with E-state index in [2.05, 4.69) is 5.32 Å². The third kappa shape index (κ3) is 3.76. The van der Waals surface area contributed by atoms with E-state index in [1.165, 1.54) is 6.07 Å². The van der Waals surface area contributed by atoms with Crippen LogP contribution in [-0.2, 0) is 4.79 Å². The number of aliphatic hydroxyl groups is 1. The first kappa shape index (κ1) is 16.6. The van der Waals surface area contributed by atoms with Crippen molar-refractivity contribution < 1.29 is 18.7 Å². The lowest BCUT2D eigenvalue weighted by atomic mass is 9.88. The van der Waals surface area contributed by atoms with Crippen LogP contribution in [0.15, 0.2) is 18.2 Å². The molecule has 0 aliphatic carbocycles. The van der Waals surface area contributed by atoms with Crippen molar-refractivity contribution in [1.29, 1.82) is 0 Å². The maximum Gasteiger partial charge on any atom is 0.225 e. The number of halogens is 2. The van der Waals surface area contributed by atoms with Gasteiger partial charge in [-0.05, 0) is 31.0 Å². The Hall–Kier alpha value is -1.49. The van der Waals surface area contributed by atoms with E-state index in [1.54, 1.807) is 20.8 Å². The Morgan fingerprint density at radius 3 is 2.45 bits per heavy atom. The van der Waals surface area contributed by atoms with Crippen LogP contribution < -0.4 is 5.32 Å². The first-order chi connectivity index (χ1) is 9.19. The fourth-order valence-electron chi connectivity index (χ4n) is 1.63. The Bertz CT molecular complexity index is 489. The van der Waals surface area contributed by atoms with Gasteiger partial charge in [-0.3, -0.25) is 4.79 Å². The molecule has 0 unspecified atom stereocenters. The van der Waals surface area contributed by atoms with E-state index in [1.807, 2.05) is 6.92 Å². The molecule has 0 aliphatic heterocycles. The largest absolute Gasteiger partial charge is 0.386 e. The number of aliphatic hydroxyl groups excluding tert-OH is 1. The van der Waals surface area contributed by atoms with Gasteiger partial charge in [0.15, 0.2) is 11.6 Å². The van der Waals surface area contributed by atoms with Crippen molar-refractivity contribution in [1.82, 2.24) is 5.32 Å². The summed E-state index contributed by atoms with van der Waals surface area (Å²) in [6.45, 7) is 7.13. The lowest BCUT2D eigenvalue weighted by Gasteiger charge is -2.27. The van der Waals surface area contributed by atoms with Crippen LogP contribution in [0, 0.1) is 17.0 Å². The van der Waals surface area contributed by atoms with Gasteiger partial charge in [0.1, 0.15) is 0 Å². The van der Waals surface area contributed by atoms with Crippen LogP contribution in [0.1, 0.15) is 45.8 Å². The molecule has 1 rings (SSSR count). The van der Waals surface area contributed by atoms with Crippen LogP contribution in [0.5, 0.6) is 0 Å². The second-order valence-corrected chi connectivity index (χ2v) is 5.62. The number of hydrogen-bond donors (Lipinski definition) is 2. The maximum absolute atomic E-state index is 13.1. The summed E-state index contributed by atoms with van der Waals surface area (Å²) < 4.78 is 26.0. The zero-order valence-electron chi connectivity index (χ0n) is 12.2.